The first-order chi connectivity index (χ1) is 13.2. The molecule has 1 saturated heterocycles. The molecule has 6 heteroatoms. The van der Waals surface area contributed by atoms with Crippen LogP contribution < -0.4 is 4.90 Å². The number of aromatic nitrogens is 1. The molecule has 1 aliphatic heterocycles. The molecule has 3 aromatic rings. The quantitative estimate of drug-likeness (QED) is 0.644. The van der Waals surface area contributed by atoms with Crippen LogP contribution >= 0.6 is 11.3 Å². The fourth-order valence-corrected chi connectivity index (χ4v) is 3.93. The maximum Gasteiger partial charge on any atom is 0.258 e. The molecule has 1 aromatic heterocycles. The highest BCUT2D eigenvalue weighted by molar-refractivity contribution is 7.14. The lowest BCUT2D eigenvalue weighted by Gasteiger charge is -2.23. The van der Waals surface area contributed by atoms with Gasteiger partial charge in [-0.3, -0.25) is 9.69 Å². The van der Waals surface area contributed by atoms with E-state index in [-0.39, 0.29) is 11.7 Å². The van der Waals surface area contributed by atoms with Crippen LogP contribution in [0.15, 0.2) is 60.0 Å². The summed E-state index contributed by atoms with van der Waals surface area (Å²) in [4.78, 5) is 19.4. The van der Waals surface area contributed by atoms with Gasteiger partial charge in [-0.15, -0.1) is 11.3 Å². The van der Waals surface area contributed by atoms with Crippen LogP contribution in [-0.2, 0) is 16.1 Å². The predicted octanol–water partition coefficient (Wildman–Crippen LogP) is 4.66. The van der Waals surface area contributed by atoms with Gasteiger partial charge in [0.15, 0.2) is 5.13 Å². The molecule has 1 atom stereocenters. The number of anilines is 1. The zero-order chi connectivity index (χ0) is 18.6. The Kier molecular flexibility index (Phi) is 5.27. The van der Waals surface area contributed by atoms with Crippen LogP contribution in [-0.4, -0.2) is 23.6 Å². The van der Waals surface area contributed by atoms with Crippen molar-refractivity contribution in [3.05, 3.63) is 71.4 Å². The molecule has 27 heavy (non-hydrogen) atoms. The van der Waals surface area contributed by atoms with E-state index in [1.54, 1.807) is 17.0 Å². The number of nitrogens with zero attached hydrogens (tertiary/aromatic N) is 2. The Bertz CT molecular complexity index is 905. The Morgan fingerprint density at radius 1 is 1.19 bits per heavy atom. The first kappa shape index (κ1) is 17.8. The van der Waals surface area contributed by atoms with Crippen LogP contribution in [0, 0.1) is 5.82 Å². The Morgan fingerprint density at radius 3 is 2.67 bits per heavy atom. The van der Waals surface area contributed by atoms with Gasteiger partial charge in [0, 0.05) is 17.6 Å². The minimum Gasteiger partial charge on any atom is -0.368 e. The maximum atomic E-state index is 13.2. The fraction of sp³-hybridized carbons (Fsp3) is 0.238. The van der Waals surface area contributed by atoms with Gasteiger partial charge in [0.25, 0.3) is 5.91 Å². The van der Waals surface area contributed by atoms with Gasteiger partial charge in [0.05, 0.1) is 12.2 Å². The van der Waals surface area contributed by atoms with Crippen molar-refractivity contribution in [3.8, 4) is 11.3 Å². The summed E-state index contributed by atoms with van der Waals surface area (Å²) in [5, 5.41) is 2.52. The van der Waals surface area contributed by atoms with E-state index >= 15 is 0 Å². The Hall–Kier alpha value is -2.57. The third-order valence-corrected chi connectivity index (χ3v) is 5.38. The van der Waals surface area contributed by atoms with Crippen molar-refractivity contribution in [3.63, 3.8) is 0 Å². The normalized spacial score (nSPS) is 16.4. The molecule has 0 N–H and O–H groups in total. The monoisotopic (exact) mass is 382 g/mol. The number of amides is 1. The van der Waals surface area contributed by atoms with Gasteiger partial charge in [-0.1, -0.05) is 30.3 Å². The number of hydrogen-bond donors (Lipinski definition) is 0. The largest absolute Gasteiger partial charge is 0.368 e. The molecule has 2 heterocycles. The molecule has 138 valence electrons. The van der Waals surface area contributed by atoms with Crippen LogP contribution in [0.3, 0.4) is 0 Å². The Morgan fingerprint density at radius 2 is 1.96 bits per heavy atom. The molecule has 1 unspecified atom stereocenters. The molecular formula is C21H19FN2O2S. The lowest BCUT2D eigenvalue weighted by Crippen LogP contribution is -2.38. The number of thiazole rings is 1. The Balaban J connectivity index is 1.63. The Labute approximate surface area is 161 Å². The molecule has 1 fully saturated rings. The molecule has 0 saturated carbocycles. The SMILES string of the molecule is O=C(C1CCCO1)N(Cc1ccccc1)c1nc(-c2ccc(F)cc2)cs1. The van der Waals surface area contributed by atoms with Crippen molar-refractivity contribution in [2.75, 3.05) is 11.5 Å². The zero-order valence-corrected chi connectivity index (χ0v) is 15.5. The van der Waals surface area contributed by atoms with Crippen molar-refractivity contribution >= 4 is 22.4 Å². The summed E-state index contributed by atoms with van der Waals surface area (Å²) in [6, 6.07) is 16.0. The smallest absolute Gasteiger partial charge is 0.258 e. The molecule has 0 bridgehead atoms. The zero-order valence-electron chi connectivity index (χ0n) is 14.7. The third kappa shape index (κ3) is 4.07. The summed E-state index contributed by atoms with van der Waals surface area (Å²) < 4.78 is 18.8. The molecule has 0 radical (unpaired) electrons. The molecule has 1 amide bonds. The van der Waals surface area contributed by atoms with Gasteiger partial charge in [0.2, 0.25) is 0 Å². The molecule has 0 spiro atoms. The van der Waals surface area contributed by atoms with E-state index in [0.29, 0.717) is 18.3 Å². The van der Waals surface area contributed by atoms with Gasteiger partial charge in [0.1, 0.15) is 11.9 Å². The first-order valence-electron chi connectivity index (χ1n) is 8.89. The second-order valence-electron chi connectivity index (χ2n) is 6.43. The molecule has 2 aromatic carbocycles. The van der Waals surface area contributed by atoms with E-state index in [4.69, 9.17) is 4.74 Å². The summed E-state index contributed by atoms with van der Waals surface area (Å²) in [6.45, 7) is 1.06. The number of rotatable bonds is 5. The number of ether oxygens (including phenoxy) is 1. The summed E-state index contributed by atoms with van der Waals surface area (Å²) >= 11 is 1.41. The van der Waals surface area contributed by atoms with E-state index in [1.807, 2.05) is 35.7 Å². The highest BCUT2D eigenvalue weighted by atomic mass is 32.1. The number of benzene rings is 2. The van der Waals surface area contributed by atoms with Crippen LogP contribution in [0.4, 0.5) is 9.52 Å². The van der Waals surface area contributed by atoms with E-state index in [9.17, 15) is 9.18 Å². The van der Waals surface area contributed by atoms with E-state index < -0.39 is 6.10 Å². The highest BCUT2D eigenvalue weighted by Gasteiger charge is 2.30. The maximum absolute atomic E-state index is 13.2. The predicted molar refractivity (Wildman–Crippen MR) is 104 cm³/mol. The number of halogens is 1. The minimum atomic E-state index is -0.410. The van der Waals surface area contributed by atoms with Crippen molar-refractivity contribution in [2.45, 2.75) is 25.5 Å². The summed E-state index contributed by atoms with van der Waals surface area (Å²) in [6.07, 6.45) is 1.22. The average molecular weight is 382 g/mol. The van der Waals surface area contributed by atoms with Crippen LogP contribution in [0.2, 0.25) is 0 Å². The standard InChI is InChI=1S/C21H19FN2O2S/c22-17-10-8-16(9-11-17)18-14-27-21(23-18)24(13-15-5-2-1-3-6-15)20(25)19-7-4-12-26-19/h1-3,5-6,8-11,14,19H,4,7,12-13H2. The second-order valence-corrected chi connectivity index (χ2v) is 7.27. The summed E-state index contributed by atoms with van der Waals surface area (Å²) in [7, 11) is 0. The van der Waals surface area contributed by atoms with E-state index in [2.05, 4.69) is 4.98 Å². The van der Waals surface area contributed by atoms with Gasteiger partial charge in [-0.25, -0.2) is 9.37 Å². The van der Waals surface area contributed by atoms with Gasteiger partial charge >= 0.3 is 0 Å². The van der Waals surface area contributed by atoms with Crippen molar-refractivity contribution in [2.24, 2.45) is 0 Å². The molecule has 0 aliphatic carbocycles. The van der Waals surface area contributed by atoms with Crippen LogP contribution in [0.1, 0.15) is 18.4 Å². The molecular weight excluding hydrogens is 363 g/mol. The van der Waals surface area contributed by atoms with Crippen LogP contribution in [0.25, 0.3) is 11.3 Å². The molecule has 4 nitrogen and oxygen atoms in total. The van der Waals surface area contributed by atoms with Gasteiger partial charge < -0.3 is 4.74 Å². The van der Waals surface area contributed by atoms with E-state index in [0.717, 1.165) is 29.7 Å². The fourth-order valence-electron chi connectivity index (χ4n) is 3.09. The minimum absolute atomic E-state index is 0.0589. The number of carbonyl (C=O) groups is 1. The molecule has 4 rings (SSSR count). The van der Waals surface area contributed by atoms with E-state index in [1.165, 1.54) is 23.5 Å². The van der Waals surface area contributed by atoms with Gasteiger partial charge in [-0.05, 0) is 42.7 Å². The summed E-state index contributed by atoms with van der Waals surface area (Å²) in [5.74, 6) is -0.343. The second kappa shape index (κ2) is 7.98. The van der Waals surface area contributed by atoms with Crippen LogP contribution in [0.5, 0.6) is 0 Å². The summed E-state index contributed by atoms with van der Waals surface area (Å²) in [5.41, 5.74) is 2.58. The first-order valence-corrected chi connectivity index (χ1v) is 9.77. The molecule has 1 aliphatic rings. The third-order valence-electron chi connectivity index (χ3n) is 4.52. The van der Waals surface area contributed by atoms with Crippen molar-refractivity contribution in [1.82, 2.24) is 4.98 Å². The topological polar surface area (TPSA) is 42.4 Å². The number of hydrogen-bond acceptors (Lipinski definition) is 4. The lowest BCUT2D eigenvalue weighted by molar-refractivity contribution is -0.127. The van der Waals surface area contributed by atoms with Crippen molar-refractivity contribution in [1.29, 1.82) is 0 Å². The average Bonchev–Trinajstić information content (AvgIpc) is 3.39. The lowest BCUT2D eigenvalue weighted by atomic mass is 10.1. The van der Waals surface area contributed by atoms with Crippen molar-refractivity contribution < 1.29 is 13.9 Å². The van der Waals surface area contributed by atoms with Gasteiger partial charge in [-0.2, -0.15) is 0 Å². The number of carbonyl (C=O) groups excluding carboxylic acids is 1. The highest BCUT2D eigenvalue weighted by Crippen LogP contribution is 2.30.